The van der Waals surface area contributed by atoms with E-state index in [0.29, 0.717) is 0 Å². The highest BCUT2D eigenvalue weighted by Gasteiger charge is 2.44. The summed E-state index contributed by atoms with van der Waals surface area (Å²) in [6.45, 7) is -0.516. The average molecular weight is 333 g/mol. The summed E-state index contributed by atoms with van der Waals surface area (Å²) in [6.07, 6.45) is -5.23. The number of aliphatic hydroxyl groups is 4. The van der Waals surface area contributed by atoms with Crippen LogP contribution in [0.3, 0.4) is 0 Å². The summed E-state index contributed by atoms with van der Waals surface area (Å²) in [7, 11) is 0. The van der Waals surface area contributed by atoms with Crippen molar-refractivity contribution in [3.8, 4) is 0 Å². The lowest BCUT2D eigenvalue weighted by Gasteiger charge is -2.38. The van der Waals surface area contributed by atoms with Crippen molar-refractivity contribution in [1.29, 1.82) is 0 Å². The summed E-state index contributed by atoms with van der Waals surface area (Å²) in [5.41, 5.74) is 0.817. The van der Waals surface area contributed by atoms with E-state index in [2.05, 4.69) is 5.16 Å². The first-order valence-electron chi connectivity index (χ1n) is 7.59. The molecule has 3 unspecified atom stereocenters. The van der Waals surface area contributed by atoms with Crippen molar-refractivity contribution in [2.75, 3.05) is 6.61 Å². The van der Waals surface area contributed by atoms with E-state index in [4.69, 9.17) is 14.7 Å². The van der Waals surface area contributed by atoms with Crippen molar-refractivity contribution in [3.63, 3.8) is 0 Å². The second-order valence-electron chi connectivity index (χ2n) is 5.61. The van der Waals surface area contributed by atoms with Crippen LogP contribution in [0.2, 0.25) is 0 Å². The van der Waals surface area contributed by atoms with Crippen molar-refractivity contribution < 1.29 is 30.0 Å². The lowest BCUT2D eigenvalue weighted by atomic mass is 9.99. The molecule has 0 radical (unpaired) electrons. The minimum absolute atomic E-state index is 0.516. The van der Waals surface area contributed by atoms with Gasteiger partial charge in [0.15, 0.2) is 0 Å². The highest BCUT2D eigenvalue weighted by atomic mass is 16.8. The van der Waals surface area contributed by atoms with E-state index in [-0.39, 0.29) is 0 Å². The minimum atomic E-state index is -1.49. The van der Waals surface area contributed by atoms with Crippen LogP contribution in [0.5, 0.6) is 0 Å². The summed E-state index contributed by atoms with van der Waals surface area (Å²) in [4.78, 5) is 5.11. The molecular weight excluding hydrogens is 314 g/mol. The van der Waals surface area contributed by atoms with Gasteiger partial charge in [0.2, 0.25) is 0 Å². The largest absolute Gasteiger partial charge is 0.394 e. The van der Waals surface area contributed by atoms with E-state index in [1.165, 1.54) is 6.21 Å². The second-order valence-corrected chi connectivity index (χ2v) is 5.61. The number of hydrogen-bond donors (Lipinski definition) is 4. The van der Waals surface area contributed by atoms with E-state index >= 15 is 0 Å². The standard InChI is InChI=1S/C17H19NO6/c19-9-13-14(20)15(21)16(22)17(23-13)24-18-8-11-6-3-5-10-4-1-2-7-12(10)11/h1-8,13-17,19-22H,9H2/b18-8+/t13?,14?,15-,16?,17-/m0/s1. The van der Waals surface area contributed by atoms with E-state index in [1.54, 1.807) is 0 Å². The molecule has 0 aliphatic carbocycles. The molecule has 3 rings (SSSR count). The molecule has 0 amide bonds. The van der Waals surface area contributed by atoms with E-state index in [0.717, 1.165) is 16.3 Å². The molecule has 1 aliphatic heterocycles. The van der Waals surface area contributed by atoms with Gasteiger partial charge < -0.3 is 30.0 Å². The monoisotopic (exact) mass is 333 g/mol. The number of fused-ring (bicyclic) bond motifs is 1. The molecule has 2 aromatic carbocycles. The Hall–Kier alpha value is -2.03. The molecular formula is C17H19NO6. The summed E-state index contributed by atoms with van der Waals surface area (Å²) >= 11 is 0. The summed E-state index contributed by atoms with van der Waals surface area (Å²) < 4.78 is 5.21. The highest BCUT2D eigenvalue weighted by molar-refractivity contribution is 5.99. The summed E-state index contributed by atoms with van der Waals surface area (Å²) in [5.74, 6) is 0. The smallest absolute Gasteiger partial charge is 0.256 e. The molecule has 128 valence electrons. The summed E-state index contributed by atoms with van der Waals surface area (Å²) in [5, 5.41) is 44.3. The van der Waals surface area contributed by atoms with Crippen LogP contribution in [0.25, 0.3) is 10.8 Å². The van der Waals surface area contributed by atoms with Crippen LogP contribution in [0.4, 0.5) is 0 Å². The third kappa shape index (κ3) is 3.26. The Balaban J connectivity index is 1.73. The van der Waals surface area contributed by atoms with Gasteiger partial charge in [0.05, 0.1) is 12.8 Å². The number of nitrogens with zero attached hydrogens (tertiary/aromatic N) is 1. The molecule has 0 spiro atoms. The van der Waals surface area contributed by atoms with Gasteiger partial charge in [-0.05, 0) is 10.8 Å². The average Bonchev–Trinajstić information content (AvgIpc) is 2.62. The van der Waals surface area contributed by atoms with Gasteiger partial charge in [-0.15, -0.1) is 0 Å². The fourth-order valence-electron chi connectivity index (χ4n) is 2.66. The molecule has 1 heterocycles. The molecule has 24 heavy (non-hydrogen) atoms. The van der Waals surface area contributed by atoms with E-state index in [9.17, 15) is 15.3 Å². The topological polar surface area (TPSA) is 112 Å². The zero-order valence-corrected chi connectivity index (χ0v) is 12.8. The van der Waals surface area contributed by atoms with Crippen molar-refractivity contribution >= 4 is 17.0 Å². The maximum Gasteiger partial charge on any atom is 0.256 e. The Morgan fingerprint density at radius 1 is 1.00 bits per heavy atom. The molecule has 0 saturated carbocycles. The van der Waals surface area contributed by atoms with Gasteiger partial charge in [-0.25, -0.2) is 0 Å². The Kier molecular flexibility index (Phi) is 5.08. The van der Waals surface area contributed by atoms with E-state index < -0.39 is 37.3 Å². The number of oxime groups is 1. The van der Waals surface area contributed by atoms with E-state index in [1.807, 2.05) is 42.5 Å². The predicted octanol–water partition coefficient (Wildman–Crippen LogP) is -0.00980. The molecule has 7 heteroatoms. The fraction of sp³-hybridized carbons (Fsp3) is 0.353. The Morgan fingerprint density at radius 3 is 2.54 bits per heavy atom. The Morgan fingerprint density at radius 2 is 1.75 bits per heavy atom. The molecule has 1 aliphatic rings. The van der Waals surface area contributed by atoms with Gasteiger partial charge in [-0.2, -0.15) is 0 Å². The lowest BCUT2D eigenvalue weighted by Crippen LogP contribution is -2.58. The minimum Gasteiger partial charge on any atom is -0.394 e. The van der Waals surface area contributed by atoms with Crippen molar-refractivity contribution in [1.82, 2.24) is 0 Å². The van der Waals surface area contributed by atoms with Crippen LogP contribution in [-0.2, 0) is 9.57 Å². The maximum atomic E-state index is 9.87. The van der Waals surface area contributed by atoms with Gasteiger partial charge in [-0.1, -0.05) is 47.6 Å². The predicted molar refractivity (Wildman–Crippen MR) is 86.4 cm³/mol. The fourth-order valence-corrected chi connectivity index (χ4v) is 2.66. The summed E-state index contributed by atoms with van der Waals surface area (Å²) in [6, 6.07) is 13.5. The van der Waals surface area contributed by atoms with Gasteiger partial charge in [0.1, 0.15) is 24.4 Å². The van der Waals surface area contributed by atoms with Crippen molar-refractivity contribution in [2.45, 2.75) is 30.7 Å². The molecule has 0 bridgehead atoms. The third-order valence-electron chi connectivity index (χ3n) is 4.03. The number of benzene rings is 2. The van der Waals surface area contributed by atoms with Crippen LogP contribution in [0, 0.1) is 0 Å². The molecule has 1 fully saturated rings. The zero-order chi connectivity index (χ0) is 17.1. The van der Waals surface area contributed by atoms with Crippen LogP contribution >= 0.6 is 0 Å². The first-order valence-corrected chi connectivity index (χ1v) is 7.59. The Bertz CT molecular complexity index is 714. The van der Waals surface area contributed by atoms with Crippen LogP contribution in [0.15, 0.2) is 47.6 Å². The first-order chi connectivity index (χ1) is 11.6. The highest BCUT2D eigenvalue weighted by Crippen LogP contribution is 2.22. The quantitative estimate of drug-likeness (QED) is 0.463. The number of aliphatic hydroxyl groups excluding tert-OH is 4. The van der Waals surface area contributed by atoms with Gasteiger partial charge >= 0.3 is 0 Å². The Labute approximate surface area is 138 Å². The number of rotatable bonds is 4. The van der Waals surface area contributed by atoms with Crippen LogP contribution in [-0.4, -0.2) is 64.0 Å². The normalized spacial score (nSPS) is 30.8. The zero-order valence-electron chi connectivity index (χ0n) is 12.8. The third-order valence-corrected chi connectivity index (χ3v) is 4.03. The van der Waals surface area contributed by atoms with Crippen LogP contribution in [0.1, 0.15) is 5.56 Å². The van der Waals surface area contributed by atoms with Crippen LogP contribution < -0.4 is 0 Å². The molecule has 5 atom stereocenters. The first kappa shape index (κ1) is 16.8. The lowest BCUT2D eigenvalue weighted by molar-refractivity contribution is -0.301. The van der Waals surface area contributed by atoms with Crippen molar-refractivity contribution in [3.05, 3.63) is 48.0 Å². The SMILES string of the molecule is OCC1O[C@@H](O/N=C/c2cccc3ccccc23)C(O)[C@@H](O)C1O. The number of hydrogen-bond acceptors (Lipinski definition) is 7. The number of ether oxygens (including phenoxy) is 1. The van der Waals surface area contributed by atoms with Gasteiger partial charge in [0, 0.05) is 5.56 Å². The maximum absolute atomic E-state index is 9.87. The molecule has 2 aromatic rings. The van der Waals surface area contributed by atoms with Gasteiger partial charge in [-0.3, -0.25) is 0 Å². The molecule has 1 saturated heterocycles. The van der Waals surface area contributed by atoms with Gasteiger partial charge in [0.25, 0.3) is 6.29 Å². The van der Waals surface area contributed by atoms with Crippen molar-refractivity contribution in [2.24, 2.45) is 5.16 Å². The molecule has 0 aromatic heterocycles. The molecule has 7 nitrogen and oxygen atoms in total. The molecule has 4 N–H and O–H groups in total. The second kappa shape index (κ2) is 7.25.